The van der Waals surface area contributed by atoms with E-state index < -0.39 is 0 Å². The van der Waals surface area contributed by atoms with E-state index in [1.807, 2.05) is 0 Å². The summed E-state index contributed by atoms with van der Waals surface area (Å²) in [7, 11) is 0. The molecule has 9 heavy (non-hydrogen) atoms. The molecular formula is C6H12O3. The summed E-state index contributed by atoms with van der Waals surface area (Å²) in [5, 5.41) is 17.1. The summed E-state index contributed by atoms with van der Waals surface area (Å²) in [5.41, 5.74) is 0. The normalized spacial score (nSPS) is 34.0. The summed E-state index contributed by atoms with van der Waals surface area (Å²) in [6.45, 7) is 0.476. The van der Waals surface area contributed by atoms with Gasteiger partial charge in [0.25, 0.3) is 0 Å². The second-order valence-electron chi connectivity index (χ2n) is 2.34. The van der Waals surface area contributed by atoms with Crippen molar-refractivity contribution in [2.75, 3.05) is 13.2 Å². The maximum Gasteiger partial charge on any atom is 0.0701 e. The van der Waals surface area contributed by atoms with E-state index in [0.717, 1.165) is 12.8 Å². The number of hydrogen-bond donors (Lipinski definition) is 2. The van der Waals surface area contributed by atoms with Crippen molar-refractivity contribution in [1.29, 1.82) is 0 Å². The first kappa shape index (κ1) is 6.99. The Kier molecular flexibility index (Phi) is 2.45. The van der Waals surface area contributed by atoms with Gasteiger partial charge in [0, 0.05) is 0 Å². The molecule has 1 aliphatic rings. The van der Waals surface area contributed by atoms with Crippen LogP contribution >= 0.6 is 0 Å². The standard InChI is InChI=1S/C6H12O3/c7-1-2-9-6-3-5(8)4-6/h5-8H,1-4H2. The Morgan fingerprint density at radius 2 is 2.11 bits per heavy atom. The molecule has 0 amide bonds. The summed E-state index contributed by atoms with van der Waals surface area (Å²) in [4.78, 5) is 0. The summed E-state index contributed by atoms with van der Waals surface area (Å²) < 4.78 is 5.09. The Morgan fingerprint density at radius 1 is 1.44 bits per heavy atom. The molecule has 0 unspecified atom stereocenters. The zero-order valence-electron chi connectivity index (χ0n) is 5.29. The average molecular weight is 132 g/mol. The van der Waals surface area contributed by atoms with Crippen molar-refractivity contribution in [3.63, 3.8) is 0 Å². The molecule has 0 spiro atoms. The van der Waals surface area contributed by atoms with E-state index in [1.54, 1.807) is 0 Å². The first-order valence-electron chi connectivity index (χ1n) is 3.23. The molecule has 0 aromatic heterocycles. The van der Waals surface area contributed by atoms with Gasteiger partial charge < -0.3 is 14.9 Å². The van der Waals surface area contributed by atoms with Crippen LogP contribution in [0, 0.1) is 0 Å². The molecule has 3 heteroatoms. The van der Waals surface area contributed by atoms with Gasteiger partial charge in [-0.05, 0) is 12.8 Å². The highest BCUT2D eigenvalue weighted by Gasteiger charge is 2.27. The Morgan fingerprint density at radius 3 is 2.56 bits per heavy atom. The Bertz CT molecular complexity index is 78.4. The van der Waals surface area contributed by atoms with Crippen LogP contribution < -0.4 is 0 Å². The monoisotopic (exact) mass is 132 g/mol. The molecule has 0 atom stereocenters. The highest BCUT2D eigenvalue weighted by atomic mass is 16.5. The van der Waals surface area contributed by atoms with Crippen molar-refractivity contribution < 1.29 is 14.9 Å². The molecule has 1 rings (SSSR count). The Labute approximate surface area is 54.3 Å². The molecule has 0 heterocycles. The van der Waals surface area contributed by atoms with Crippen molar-refractivity contribution in [1.82, 2.24) is 0 Å². The largest absolute Gasteiger partial charge is 0.394 e. The third-order valence-corrected chi connectivity index (χ3v) is 1.51. The zero-order chi connectivity index (χ0) is 6.69. The number of aliphatic hydroxyl groups is 2. The van der Waals surface area contributed by atoms with Gasteiger partial charge in [0.15, 0.2) is 0 Å². The second kappa shape index (κ2) is 3.15. The molecular weight excluding hydrogens is 120 g/mol. The summed E-state index contributed by atoms with van der Waals surface area (Å²) in [6.07, 6.45) is 1.51. The summed E-state index contributed by atoms with van der Waals surface area (Å²) in [5.74, 6) is 0. The van der Waals surface area contributed by atoms with Gasteiger partial charge in [0.1, 0.15) is 0 Å². The highest BCUT2D eigenvalue weighted by Crippen LogP contribution is 2.22. The number of aliphatic hydroxyl groups excluding tert-OH is 2. The molecule has 0 radical (unpaired) electrons. The van der Waals surface area contributed by atoms with Gasteiger partial charge in [0.05, 0.1) is 25.4 Å². The van der Waals surface area contributed by atoms with Crippen LogP contribution in [-0.2, 0) is 4.74 Å². The maximum absolute atomic E-state index is 8.78. The van der Waals surface area contributed by atoms with E-state index in [4.69, 9.17) is 14.9 Å². The first-order valence-corrected chi connectivity index (χ1v) is 3.23. The molecule has 1 fully saturated rings. The van der Waals surface area contributed by atoms with Crippen LogP contribution in [-0.4, -0.2) is 35.6 Å². The van der Waals surface area contributed by atoms with Crippen molar-refractivity contribution in [2.24, 2.45) is 0 Å². The quantitative estimate of drug-likeness (QED) is 0.545. The third-order valence-electron chi connectivity index (χ3n) is 1.51. The van der Waals surface area contributed by atoms with Crippen molar-refractivity contribution in [2.45, 2.75) is 25.0 Å². The summed E-state index contributed by atoms with van der Waals surface area (Å²) >= 11 is 0. The lowest BCUT2D eigenvalue weighted by Gasteiger charge is -2.30. The Balaban J connectivity index is 1.91. The summed E-state index contributed by atoms with van der Waals surface area (Å²) in [6, 6.07) is 0. The second-order valence-corrected chi connectivity index (χ2v) is 2.34. The molecule has 0 aliphatic heterocycles. The molecule has 1 saturated carbocycles. The Hall–Kier alpha value is -0.120. The predicted octanol–water partition coefficient (Wildman–Crippen LogP) is -0.481. The van der Waals surface area contributed by atoms with E-state index in [0.29, 0.717) is 6.61 Å². The first-order chi connectivity index (χ1) is 4.33. The fraction of sp³-hybridized carbons (Fsp3) is 1.00. The highest BCUT2D eigenvalue weighted by molar-refractivity contribution is 4.78. The maximum atomic E-state index is 8.78. The lowest BCUT2D eigenvalue weighted by atomic mass is 9.92. The minimum Gasteiger partial charge on any atom is -0.394 e. The van der Waals surface area contributed by atoms with Gasteiger partial charge in [-0.2, -0.15) is 0 Å². The van der Waals surface area contributed by atoms with Gasteiger partial charge in [-0.3, -0.25) is 0 Å². The van der Waals surface area contributed by atoms with Gasteiger partial charge in [0.2, 0.25) is 0 Å². The van der Waals surface area contributed by atoms with Crippen molar-refractivity contribution in [3.8, 4) is 0 Å². The predicted molar refractivity (Wildman–Crippen MR) is 32.1 cm³/mol. The molecule has 0 aromatic rings. The van der Waals surface area contributed by atoms with Crippen LogP contribution in [0.25, 0.3) is 0 Å². The molecule has 2 N–H and O–H groups in total. The van der Waals surface area contributed by atoms with Gasteiger partial charge in [-0.15, -0.1) is 0 Å². The van der Waals surface area contributed by atoms with E-state index in [2.05, 4.69) is 0 Å². The number of ether oxygens (including phenoxy) is 1. The number of hydrogen-bond acceptors (Lipinski definition) is 3. The van der Waals surface area contributed by atoms with E-state index in [9.17, 15) is 0 Å². The van der Waals surface area contributed by atoms with Crippen LogP contribution in [0.4, 0.5) is 0 Å². The fourth-order valence-corrected chi connectivity index (χ4v) is 0.893. The van der Waals surface area contributed by atoms with Crippen LogP contribution in [0.3, 0.4) is 0 Å². The lowest BCUT2D eigenvalue weighted by molar-refractivity contribution is -0.0778. The van der Waals surface area contributed by atoms with Crippen LogP contribution in [0.2, 0.25) is 0 Å². The lowest BCUT2D eigenvalue weighted by Crippen LogP contribution is -2.35. The van der Waals surface area contributed by atoms with Gasteiger partial charge in [-0.25, -0.2) is 0 Å². The molecule has 0 bridgehead atoms. The van der Waals surface area contributed by atoms with Gasteiger partial charge >= 0.3 is 0 Å². The topological polar surface area (TPSA) is 49.7 Å². The zero-order valence-corrected chi connectivity index (χ0v) is 5.29. The SMILES string of the molecule is OCCOC1CC(O)C1. The van der Waals surface area contributed by atoms with Crippen molar-refractivity contribution >= 4 is 0 Å². The molecule has 0 aromatic carbocycles. The van der Waals surface area contributed by atoms with Crippen LogP contribution in [0.1, 0.15) is 12.8 Å². The smallest absolute Gasteiger partial charge is 0.0701 e. The minimum atomic E-state index is -0.159. The fourth-order valence-electron chi connectivity index (χ4n) is 0.893. The van der Waals surface area contributed by atoms with Crippen LogP contribution in [0.15, 0.2) is 0 Å². The van der Waals surface area contributed by atoms with E-state index in [-0.39, 0.29) is 18.8 Å². The minimum absolute atomic E-state index is 0.0760. The third kappa shape index (κ3) is 1.93. The average Bonchev–Trinajstić information content (AvgIpc) is 1.78. The molecule has 3 nitrogen and oxygen atoms in total. The number of rotatable bonds is 3. The van der Waals surface area contributed by atoms with E-state index in [1.165, 1.54) is 0 Å². The van der Waals surface area contributed by atoms with Crippen molar-refractivity contribution in [3.05, 3.63) is 0 Å². The molecule has 1 aliphatic carbocycles. The molecule has 0 saturated heterocycles. The molecule has 54 valence electrons. The van der Waals surface area contributed by atoms with Gasteiger partial charge in [-0.1, -0.05) is 0 Å². The van der Waals surface area contributed by atoms with E-state index >= 15 is 0 Å². The van der Waals surface area contributed by atoms with Crippen LogP contribution in [0.5, 0.6) is 0 Å².